The number of hydrogen-bond donors (Lipinski definition) is 1. The topological polar surface area (TPSA) is 55.4 Å². The van der Waals surface area contributed by atoms with Crippen LogP contribution in [0.15, 0.2) is 78.9 Å². The van der Waals surface area contributed by atoms with Gasteiger partial charge in [-0.05, 0) is 31.0 Å². The summed E-state index contributed by atoms with van der Waals surface area (Å²) in [4.78, 5) is 24.7. The monoisotopic (exact) mass is 373 g/mol. The van der Waals surface area contributed by atoms with Crippen LogP contribution in [0.1, 0.15) is 18.1 Å². The van der Waals surface area contributed by atoms with Crippen molar-refractivity contribution in [2.24, 2.45) is 0 Å². The molecule has 1 N–H and O–H groups in total. The highest BCUT2D eigenvalue weighted by atomic mass is 16.5. The number of hydrogen-bond acceptors (Lipinski definition) is 3. The van der Waals surface area contributed by atoms with Crippen molar-refractivity contribution in [1.82, 2.24) is 0 Å². The molecule has 0 radical (unpaired) electrons. The lowest BCUT2D eigenvalue weighted by Gasteiger charge is -2.16. The Bertz CT molecular complexity index is 949. The number of benzene rings is 3. The predicted molar refractivity (Wildman–Crippen MR) is 111 cm³/mol. The Kier molecular flexibility index (Phi) is 6.22. The molecule has 1 atom stereocenters. The van der Waals surface area contributed by atoms with Crippen LogP contribution in [0, 0.1) is 6.92 Å². The molecule has 0 spiro atoms. The van der Waals surface area contributed by atoms with E-state index in [1.807, 2.05) is 85.8 Å². The predicted octanol–water partition coefficient (Wildman–Crippen LogP) is 4.77. The maximum Gasteiger partial charge on any atom is 0.311 e. The molecule has 3 aromatic carbocycles. The van der Waals surface area contributed by atoms with Crippen LogP contribution >= 0.6 is 0 Å². The van der Waals surface area contributed by atoms with Crippen molar-refractivity contribution in [1.29, 1.82) is 0 Å². The van der Waals surface area contributed by atoms with E-state index in [0.29, 0.717) is 5.69 Å². The van der Waals surface area contributed by atoms with Gasteiger partial charge in [0.15, 0.2) is 6.10 Å². The fourth-order valence-electron chi connectivity index (χ4n) is 2.86. The Hall–Kier alpha value is -3.40. The van der Waals surface area contributed by atoms with Crippen molar-refractivity contribution in [2.45, 2.75) is 26.4 Å². The molecule has 0 saturated heterocycles. The van der Waals surface area contributed by atoms with Gasteiger partial charge >= 0.3 is 5.97 Å². The van der Waals surface area contributed by atoms with Crippen molar-refractivity contribution in [3.63, 3.8) is 0 Å². The molecule has 0 heterocycles. The van der Waals surface area contributed by atoms with E-state index in [9.17, 15) is 9.59 Å². The molecule has 0 aliphatic carbocycles. The summed E-state index contributed by atoms with van der Waals surface area (Å²) in [5.74, 6) is -0.788. The van der Waals surface area contributed by atoms with Gasteiger partial charge in [0.2, 0.25) is 0 Å². The van der Waals surface area contributed by atoms with Crippen molar-refractivity contribution in [2.75, 3.05) is 5.32 Å². The van der Waals surface area contributed by atoms with Gasteiger partial charge in [-0.1, -0.05) is 78.4 Å². The molecule has 0 aliphatic heterocycles. The standard InChI is InChI=1S/C24H23NO3/c1-17-12-14-19(15-13-17)16-23(26)28-18(2)24(27)25-22-11-7-6-10-21(22)20-8-4-3-5-9-20/h3-15,18H,16H2,1-2H3,(H,25,27)/t18-/m0/s1. The lowest BCUT2D eigenvalue weighted by molar-refractivity contribution is -0.152. The second kappa shape index (κ2) is 9.00. The summed E-state index contributed by atoms with van der Waals surface area (Å²) in [5, 5.41) is 2.87. The zero-order valence-corrected chi connectivity index (χ0v) is 16.0. The molecule has 142 valence electrons. The van der Waals surface area contributed by atoms with Crippen LogP contribution < -0.4 is 5.32 Å². The molecule has 4 heteroatoms. The van der Waals surface area contributed by atoms with Crippen LogP contribution in [0.3, 0.4) is 0 Å². The number of rotatable bonds is 6. The SMILES string of the molecule is Cc1ccc(CC(=O)O[C@@H](C)C(=O)Nc2ccccc2-c2ccccc2)cc1. The Labute approximate surface area is 165 Å². The van der Waals surface area contributed by atoms with E-state index >= 15 is 0 Å². The number of anilines is 1. The molecular weight excluding hydrogens is 350 g/mol. The number of ether oxygens (including phenoxy) is 1. The molecule has 0 aromatic heterocycles. The smallest absolute Gasteiger partial charge is 0.311 e. The summed E-state index contributed by atoms with van der Waals surface area (Å²) in [6.45, 7) is 3.56. The van der Waals surface area contributed by atoms with E-state index in [1.54, 1.807) is 6.92 Å². The van der Waals surface area contributed by atoms with E-state index in [2.05, 4.69) is 5.32 Å². The number of para-hydroxylation sites is 1. The maximum absolute atomic E-state index is 12.5. The molecule has 28 heavy (non-hydrogen) atoms. The van der Waals surface area contributed by atoms with Crippen LogP contribution in [0.25, 0.3) is 11.1 Å². The van der Waals surface area contributed by atoms with Gasteiger partial charge in [-0.15, -0.1) is 0 Å². The normalized spacial score (nSPS) is 11.5. The minimum absolute atomic E-state index is 0.137. The fraction of sp³-hybridized carbons (Fsp3) is 0.167. The number of amides is 1. The Morgan fingerprint density at radius 1 is 0.893 bits per heavy atom. The number of carbonyl (C=O) groups is 2. The highest BCUT2D eigenvalue weighted by molar-refractivity contribution is 5.98. The van der Waals surface area contributed by atoms with Crippen LogP contribution in [0.2, 0.25) is 0 Å². The van der Waals surface area contributed by atoms with Gasteiger partial charge in [0.1, 0.15) is 0 Å². The lowest BCUT2D eigenvalue weighted by Crippen LogP contribution is -2.30. The second-order valence-electron chi connectivity index (χ2n) is 6.70. The van der Waals surface area contributed by atoms with Crippen molar-refractivity contribution in [3.8, 4) is 11.1 Å². The number of aryl methyl sites for hydroxylation is 1. The van der Waals surface area contributed by atoms with Gasteiger partial charge in [-0.3, -0.25) is 9.59 Å². The molecular formula is C24H23NO3. The van der Waals surface area contributed by atoms with Gasteiger partial charge in [0.05, 0.1) is 6.42 Å². The van der Waals surface area contributed by atoms with E-state index in [4.69, 9.17) is 4.74 Å². The van der Waals surface area contributed by atoms with E-state index in [0.717, 1.165) is 22.3 Å². The van der Waals surface area contributed by atoms with E-state index < -0.39 is 12.1 Å². The summed E-state index contributed by atoms with van der Waals surface area (Å²) in [6.07, 6.45) is -0.750. The Balaban J connectivity index is 1.63. The highest BCUT2D eigenvalue weighted by Crippen LogP contribution is 2.27. The molecule has 0 saturated carbocycles. The van der Waals surface area contributed by atoms with Gasteiger partial charge in [0, 0.05) is 11.3 Å². The van der Waals surface area contributed by atoms with Crippen molar-refractivity contribution < 1.29 is 14.3 Å². The van der Waals surface area contributed by atoms with Gasteiger partial charge in [-0.2, -0.15) is 0 Å². The first-order chi connectivity index (χ1) is 13.5. The van der Waals surface area contributed by atoms with Gasteiger partial charge < -0.3 is 10.1 Å². The molecule has 0 unspecified atom stereocenters. The summed E-state index contributed by atoms with van der Waals surface area (Å²) >= 11 is 0. The summed E-state index contributed by atoms with van der Waals surface area (Å²) < 4.78 is 5.31. The van der Waals surface area contributed by atoms with Gasteiger partial charge in [-0.25, -0.2) is 0 Å². The third-order valence-electron chi connectivity index (χ3n) is 4.42. The zero-order valence-electron chi connectivity index (χ0n) is 16.0. The Morgan fingerprint density at radius 3 is 2.25 bits per heavy atom. The first-order valence-electron chi connectivity index (χ1n) is 9.23. The third kappa shape index (κ3) is 5.07. The molecule has 0 fully saturated rings. The molecule has 0 bridgehead atoms. The number of nitrogens with one attached hydrogen (secondary N) is 1. The molecule has 3 aromatic rings. The summed E-state index contributed by atoms with van der Waals surface area (Å²) in [6, 6.07) is 25.0. The fourth-order valence-corrected chi connectivity index (χ4v) is 2.86. The minimum Gasteiger partial charge on any atom is -0.452 e. The average Bonchev–Trinajstić information content (AvgIpc) is 2.70. The van der Waals surface area contributed by atoms with Crippen LogP contribution in [-0.2, 0) is 20.7 Å². The largest absolute Gasteiger partial charge is 0.452 e. The minimum atomic E-state index is -0.887. The van der Waals surface area contributed by atoms with Crippen LogP contribution in [0.4, 0.5) is 5.69 Å². The van der Waals surface area contributed by atoms with Crippen LogP contribution in [0.5, 0.6) is 0 Å². The first kappa shape index (κ1) is 19.4. The zero-order chi connectivity index (χ0) is 19.9. The van der Waals surface area contributed by atoms with E-state index in [1.165, 1.54) is 0 Å². The second-order valence-corrected chi connectivity index (χ2v) is 6.70. The summed E-state index contributed by atoms with van der Waals surface area (Å²) in [5.41, 5.74) is 4.58. The molecule has 4 nitrogen and oxygen atoms in total. The Morgan fingerprint density at radius 2 is 1.54 bits per heavy atom. The van der Waals surface area contributed by atoms with E-state index in [-0.39, 0.29) is 12.3 Å². The summed E-state index contributed by atoms with van der Waals surface area (Å²) in [7, 11) is 0. The van der Waals surface area contributed by atoms with Crippen LogP contribution in [-0.4, -0.2) is 18.0 Å². The maximum atomic E-state index is 12.5. The van der Waals surface area contributed by atoms with Gasteiger partial charge in [0.25, 0.3) is 5.91 Å². The quantitative estimate of drug-likeness (QED) is 0.633. The highest BCUT2D eigenvalue weighted by Gasteiger charge is 2.19. The number of carbonyl (C=O) groups excluding carboxylic acids is 2. The molecule has 3 rings (SSSR count). The average molecular weight is 373 g/mol. The van der Waals surface area contributed by atoms with Crippen molar-refractivity contribution in [3.05, 3.63) is 90.0 Å². The lowest BCUT2D eigenvalue weighted by atomic mass is 10.0. The molecule has 1 amide bonds. The number of esters is 1. The van der Waals surface area contributed by atoms with Crippen molar-refractivity contribution >= 4 is 17.6 Å². The third-order valence-corrected chi connectivity index (χ3v) is 4.42. The molecule has 0 aliphatic rings. The first-order valence-corrected chi connectivity index (χ1v) is 9.23.